The van der Waals surface area contributed by atoms with Gasteiger partial charge in [0.25, 0.3) is 0 Å². The van der Waals surface area contributed by atoms with E-state index in [9.17, 15) is 4.79 Å². The smallest absolute Gasteiger partial charge is 0.313 e. The highest BCUT2D eigenvalue weighted by Crippen LogP contribution is 2.21. The van der Waals surface area contributed by atoms with Crippen LogP contribution in [0.5, 0.6) is 0 Å². The molecule has 0 saturated heterocycles. The van der Waals surface area contributed by atoms with Gasteiger partial charge in [0, 0.05) is 5.56 Å². The maximum absolute atomic E-state index is 10.4. The van der Waals surface area contributed by atoms with Crippen molar-refractivity contribution in [1.82, 2.24) is 9.97 Å². The molecule has 0 amide bonds. The highest BCUT2D eigenvalue weighted by atomic mass is 32.2. The lowest BCUT2D eigenvalue weighted by Crippen LogP contribution is -1.97. The Morgan fingerprint density at radius 2 is 2.39 bits per heavy atom. The van der Waals surface area contributed by atoms with E-state index < -0.39 is 5.97 Å². The number of rotatable bonds is 4. The summed E-state index contributed by atoms with van der Waals surface area (Å²) in [6.07, 6.45) is 1.63. The Morgan fingerprint density at radius 3 is 3.11 bits per heavy atom. The summed E-state index contributed by atoms with van der Waals surface area (Å²) in [5.41, 5.74) is 2.19. The number of nitriles is 1. The molecule has 5 nitrogen and oxygen atoms in total. The van der Waals surface area contributed by atoms with Crippen molar-refractivity contribution in [2.75, 3.05) is 5.75 Å². The van der Waals surface area contributed by atoms with E-state index in [1.54, 1.807) is 24.4 Å². The van der Waals surface area contributed by atoms with Gasteiger partial charge in [-0.05, 0) is 12.1 Å². The first kappa shape index (κ1) is 12.2. The Morgan fingerprint density at radius 1 is 1.56 bits per heavy atom. The Labute approximate surface area is 107 Å². The number of carbonyl (C=O) groups is 1. The van der Waals surface area contributed by atoms with Crippen LogP contribution in [0.2, 0.25) is 0 Å². The summed E-state index contributed by atoms with van der Waals surface area (Å²) in [5, 5.41) is 17.9. The van der Waals surface area contributed by atoms with E-state index in [1.165, 1.54) is 0 Å². The zero-order valence-corrected chi connectivity index (χ0v) is 10.1. The summed E-state index contributed by atoms with van der Waals surface area (Å²) in [5.74, 6) is -0.921. The summed E-state index contributed by atoms with van der Waals surface area (Å²) < 4.78 is 0. The van der Waals surface area contributed by atoms with Crippen molar-refractivity contribution < 1.29 is 9.90 Å². The van der Waals surface area contributed by atoms with Crippen LogP contribution in [0.15, 0.2) is 35.6 Å². The van der Waals surface area contributed by atoms with Gasteiger partial charge in [-0.2, -0.15) is 5.26 Å². The van der Waals surface area contributed by atoms with Crippen LogP contribution in [0.25, 0.3) is 11.3 Å². The molecule has 1 aromatic carbocycles. The number of carboxylic acids is 1. The molecule has 0 atom stereocenters. The first-order chi connectivity index (χ1) is 8.69. The average Bonchev–Trinajstić information content (AvgIpc) is 2.85. The molecule has 0 spiro atoms. The highest BCUT2D eigenvalue weighted by molar-refractivity contribution is 7.99. The minimum absolute atomic E-state index is 0.0365. The van der Waals surface area contributed by atoms with E-state index in [0.717, 1.165) is 23.0 Å². The largest absolute Gasteiger partial charge is 0.481 e. The van der Waals surface area contributed by atoms with Gasteiger partial charge in [0.05, 0.1) is 29.3 Å². The molecule has 0 aliphatic carbocycles. The molecule has 90 valence electrons. The van der Waals surface area contributed by atoms with Crippen molar-refractivity contribution in [3.05, 3.63) is 36.0 Å². The molecule has 2 N–H and O–H groups in total. The van der Waals surface area contributed by atoms with Crippen molar-refractivity contribution >= 4 is 17.7 Å². The minimum atomic E-state index is -0.885. The van der Waals surface area contributed by atoms with Gasteiger partial charge >= 0.3 is 5.97 Å². The molecule has 0 aliphatic heterocycles. The third kappa shape index (κ3) is 2.90. The normalized spacial score (nSPS) is 9.94. The number of nitrogens with one attached hydrogen (secondary N) is 1. The number of aliphatic carboxylic acids is 1. The fourth-order valence-electron chi connectivity index (χ4n) is 1.41. The van der Waals surface area contributed by atoms with Gasteiger partial charge in [0.2, 0.25) is 0 Å². The van der Waals surface area contributed by atoms with Crippen molar-refractivity contribution in [3.63, 3.8) is 0 Å². The second-order valence-corrected chi connectivity index (χ2v) is 4.44. The molecule has 0 unspecified atom stereocenters. The molecule has 1 heterocycles. The zero-order valence-electron chi connectivity index (χ0n) is 9.25. The number of carboxylic acid groups (broad SMARTS) is 1. The van der Waals surface area contributed by atoms with Crippen molar-refractivity contribution in [2.24, 2.45) is 0 Å². The number of H-pyrrole nitrogens is 1. The van der Waals surface area contributed by atoms with Gasteiger partial charge < -0.3 is 10.1 Å². The van der Waals surface area contributed by atoms with Crippen molar-refractivity contribution in [1.29, 1.82) is 5.26 Å². The molecule has 0 saturated carbocycles. The second kappa shape index (κ2) is 5.38. The Bertz CT molecular complexity index is 616. The number of imidazole rings is 1. The fourth-order valence-corrected chi connectivity index (χ4v) is 1.98. The summed E-state index contributed by atoms with van der Waals surface area (Å²) in [6, 6.07) is 9.19. The summed E-state index contributed by atoms with van der Waals surface area (Å²) in [6.45, 7) is 0. The third-order valence-corrected chi connectivity index (χ3v) is 3.06. The van der Waals surface area contributed by atoms with Crippen molar-refractivity contribution in [3.8, 4) is 17.3 Å². The molecular formula is C12H9N3O2S. The van der Waals surface area contributed by atoms with Crippen LogP contribution >= 0.6 is 11.8 Å². The predicted molar refractivity (Wildman–Crippen MR) is 67.1 cm³/mol. The summed E-state index contributed by atoms with van der Waals surface area (Å²) >= 11 is 1.12. The van der Waals surface area contributed by atoms with Crippen LogP contribution in [0.1, 0.15) is 5.56 Å². The van der Waals surface area contributed by atoms with Gasteiger partial charge in [-0.15, -0.1) is 0 Å². The molecule has 2 aromatic rings. The lowest BCUT2D eigenvalue weighted by Gasteiger charge is -1.97. The van der Waals surface area contributed by atoms with E-state index in [4.69, 9.17) is 10.4 Å². The number of aromatic nitrogens is 2. The molecule has 0 fully saturated rings. The zero-order chi connectivity index (χ0) is 13.0. The number of aromatic amines is 1. The fraction of sp³-hybridized carbons (Fsp3) is 0.0833. The van der Waals surface area contributed by atoms with Crippen LogP contribution in [-0.4, -0.2) is 26.8 Å². The maximum Gasteiger partial charge on any atom is 0.313 e. The monoisotopic (exact) mass is 259 g/mol. The summed E-state index contributed by atoms with van der Waals surface area (Å²) in [7, 11) is 0. The molecule has 2 rings (SSSR count). The number of hydrogen-bond donors (Lipinski definition) is 2. The van der Waals surface area contributed by atoms with Crippen LogP contribution in [0, 0.1) is 11.3 Å². The van der Waals surface area contributed by atoms with E-state index in [0.29, 0.717) is 10.7 Å². The van der Waals surface area contributed by atoms with Gasteiger partial charge in [-0.25, -0.2) is 4.98 Å². The molecule has 18 heavy (non-hydrogen) atoms. The summed E-state index contributed by atoms with van der Waals surface area (Å²) in [4.78, 5) is 17.5. The highest BCUT2D eigenvalue weighted by Gasteiger charge is 2.06. The van der Waals surface area contributed by atoms with E-state index in [1.807, 2.05) is 6.07 Å². The molecule has 0 radical (unpaired) electrons. The Kier molecular flexibility index (Phi) is 3.65. The molecule has 6 heteroatoms. The number of nitrogens with zero attached hydrogens (tertiary/aromatic N) is 2. The number of hydrogen-bond acceptors (Lipinski definition) is 4. The molecular weight excluding hydrogens is 250 g/mol. The lowest BCUT2D eigenvalue weighted by atomic mass is 10.1. The van der Waals surface area contributed by atoms with Gasteiger partial charge in [0.1, 0.15) is 0 Å². The predicted octanol–water partition coefficient (Wildman–Crippen LogP) is 2.13. The average molecular weight is 259 g/mol. The quantitative estimate of drug-likeness (QED) is 0.821. The van der Waals surface area contributed by atoms with E-state index in [-0.39, 0.29) is 5.75 Å². The first-order valence-electron chi connectivity index (χ1n) is 5.09. The van der Waals surface area contributed by atoms with Gasteiger partial charge in [-0.3, -0.25) is 4.79 Å². The number of benzene rings is 1. The van der Waals surface area contributed by atoms with Crippen LogP contribution < -0.4 is 0 Å². The SMILES string of the molecule is N#Cc1cccc(-c2cnc(SCC(=O)O)[nH]2)c1. The topological polar surface area (TPSA) is 89.8 Å². The minimum Gasteiger partial charge on any atom is -0.481 e. The van der Waals surface area contributed by atoms with Crippen LogP contribution in [-0.2, 0) is 4.79 Å². The molecule has 0 bridgehead atoms. The Hall–Kier alpha value is -2.26. The first-order valence-corrected chi connectivity index (χ1v) is 6.08. The third-order valence-electron chi connectivity index (χ3n) is 2.19. The van der Waals surface area contributed by atoms with Crippen molar-refractivity contribution in [2.45, 2.75) is 5.16 Å². The lowest BCUT2D eigenvalue weighted by molar-refractivity contribution is -0.133. The maximum atomic E-state index is 10.4. The van der Waals surface area contributed by atoms with E-state index in [2.05, 4.69) is 16.0 Å². The van der Waals surface area contributed by atoms with Crippen LogP contribution in [0.4, 0.5) is 0 Å². The standard InChI is InChI=1S/C12H9N3O2S/c13-5-8-2-1-3-9(4-8)10-6-14-12(15-10)18-7-11(16)17/h1-4,6H,7H2,(H,14,15)(H,16,17). The van der Waals surface area contributed by atoms with Gasteiger partial charge in [-0.1, -0.05) is 23.9 Å². The second-order valence-electron chi connectivity index (χ2n) is 3.48. The molecule has 1 aromatic heterocycles. The number of thioether (sulfide) groups is 1. The van der Waals surface area contributed by atoms with Crippen LogP contribution in [0.3, 0.4) is 0 Å². The Balaban J connectivity index is 2.19. The van der Waals surface area contributed by atoms with Gasteiger partial charge in [0.15, 0.2) is 5.16 Å². The van der Waals surface area contributed by atoms with E-state index >= 15 is 0 Å². The molecule has 0 aliphatic rings.